The van der Waals surface area contributed by atoms with E-state index in [1.54, 1.807) is 0 Å². The third-order valence-electron chi connectivity index (χ3n) is 3.94. The van der Waals surface area contributed by atoms with Crippen LogP contribution in [0.5, 0.6) is 0 Å². The average Bonchev–Trinajstić information content (AvgIpc) is 2.40. The van der Waals surface area contributed by atoms with Crippen LogP contribution in [0.2, 0.25) is 0 Å². The van der Waals surface area contributed by atoms with Crippen LogP contribution in [-0.2, 0) is 0 Å². The number of allylic oxidation sites excluding steroid dienone is 5. The van der Waals surface area contributed by atoms with Gasteiger partial charge in [-0.1, -0.05) is 71.3 Å². The minimum atomic E-state index is 0.192. The molecular formula is C19H33N. The van der Waals surface area contributed by atoms with Gasteiger partial charge in [-0.3, -0.25) is 4.99 Å². The van der Waals surface area contributed by atoms with Gasteiger partial charge in [0.25, 0.3) is 0 Å². The molecule has 114 valence electrons. The molecule has 0 aromatic rings. The Bertz CT molecular complexity index is 360. The molecule has 0 radical (unpaired) electrons. The summed E-state index contributed by atoms with van der Waals surface area (Å²) in [6, 6.07) is 0. The Kier molecular flexibility index (Phi) is 9.20. The van der Waals surface area contributed by atoms with Gasteiger partial charge in [-0.05, 0) is 37.5 Å². The van der Waals surface area contributed by atoms with Crippen molar-refractivity contribution in [1.29, 1.82) is 0 Å². The lowest BCUT2D eigenvalue weighted by Gasteiger charge is -2.23. The van der Waals surface area contributed by atoms with Crippen LogP contribution in [0.3, 0.4) is 0 Å². The van der Waals surface area contributed by atoms with Gasteiger partial charge in [0.2, 0.25) is 0 Å². The maximum absolute atomic E-state index is 4.17. The second-order valence-corrected chi connectivity index (χ2v) is 6.40. The monoisotopic (exact) mass is 275 g/mol. The summed E-state index contributed by atoms with van der Waals surface area (Å²) in [5, 5.41) is 0. The van der Waals surface area contributed by atoms with E-state index in [0.29, 0.717) is 0 Å². The second-order valence-electron chi connectivity index (χ2n) is 6.40. The summed E-state index contributed by atoms with van der Waals surface area (Å²) < 4.78 is 0. The molecule has 0 fully saturated rings. The fourth-order valence-electron chi connectivity index (χ4n) is 2.24. The normalized spacial score (nSPS) is 14.3. The van der Waals surface area contributed by atoms with E-state index in [1.165, 1.54) is 18.4 Å². The molecule has 0 saturated heterocycles. The van der Waals surface area contributed by atoms with Gasteiger partial charge in [0.15, 0.2) is 0 Å². The maximum Gasteiger partial charge on any atom is 0.0436 e. The first-order valence-electron chi connectivity index (χ1n) is 7.87. The summed E-state index contributed by atoms with van der Waals surface area (Å²) in [7, 11) is 0. The smallest absolute Gasteiger partial charge is 0.0436 e. The Morgan fingerprint density at radius 3 is 2.20 bits per heavy atom. The Balaban J connectivity index is 4.65. The van der Waals surface area contributed by atoms with E-state index in [9.17, 15) is 0 Å². The van der Waals surface area contributed by atoms with Gasteiger partial charge < -0.3 is 0 Å². The lowest BCUT2D eigenvalue weighted by molar-refractivity contribution is 0.489. The molecule has 0 amide bonds. The molecular weight excluding hydrogens is 242 g/mol. The maximum atomic E-state index is 4.17. The van der Waals surface area contributed by atoms with Crippen molar-refractivity contribution in [3.63, 3.8) is 0 Å². The minimum Gasteiger partial charge on any atom is -0.269 e. The Hall–Kier alpha value is -1.11. The summed E-state index contributed by atoms with van der Waals surface area (Å²) >= 11 is 0. The van der Waals surface area contributed by atoms with E-state index in [1.807, 2.05) is 0 Å². The van der Waals surface area contributed by atoms with Gasteiger partial charge in [-0.2, -0.15) is 0 Å². The van der Waals surface area contributed by atoms with Gasteiger partial charge in [0, 0.05) is 12.1 Å². The zero-order valence-corrected chi connectivity index (χ0v) is 14.4. The first-order valence-corrected chi connectivity index (χ1v) is 7.87. The zero-order valence-electron chi connectivity index (χ0n) is 14.4. The van der Waals surface area contributed by atoms with Crippen LogP contribution in [0.25, 0.3) is 0 Å². The molecule has 0 unspecified atom stereocenters. The summed E-state index contributed by atoms with van der Waals surface area (Å²) in [4.78, 5) is 4.17. The SMILES string of the molecule is C=N/C(=C\C=C/CC(CC)CC)C/C(=C/C)C(C)(C)C. The molecule has 0 spiro atoms. The standard InChI is InChI=1S/C19H33N/c1-8-16(9-2)13-11-12-14-18(20-7)15-17(10-3)19(4,5)6/h10-12,14,16H,7-9,13,15H2,1-6H3/b12-11-,17-10-,18-14-. The fraction of sp³-hybridized carbons (Fsp3) is 0.632. The minimum absolute atomic E-state index is 0.192. The molecule has 0 heterocycles. The van der Waals surface area contributed by atoms with E-state index >= 15 is 0 Å². The van der Waals surface area contributed by atoms with Crippen molar-refractivity contribution in [2.75, 3.05) is 0 Å². The topological polar surface area (TPSA) is 12.4 Å². The molecule has 20 heavy (non-hydrogen) atoms. The third-order valence-corrected chi connectivity index (χ3v) is 3.94. The van der Waals surface area contributed by atoms with Gasteiger partial charge in [0.1, 0.15) is 0 Å². The van der Waals surface area contributed by atoms with Crippen molar-refractivity contribution in [1.82, 2.24) is 0 Å². The molecule has 0 aliphatic carbocycles. The van der Waals surface area contributed by atoms with Crippen molar-refractivity contribution in [3.8, 4) is 0 Å². The molecule has 1 heteroatoms. The Labute approximate surface area is 126 Å². The van der Waals surface area contributed by atoms with Crippen LogP contribution >= 0.6 is 0 Å². The summed E-state index contributed by atoms with van der Waals surface area (Å²) in [5.74, 6) is 0.806. The van der Waals surface area contributed by atoms with Crippen LogP contribution in [0, 0.1) is 11.3 Å². The van der Waals surface area contributed by atoms with Crippen molar-refractivity contribution in [2.24, 2.45) is 16.3 Å². The van der Waals surface area contributed by atoms with Crippen LogP contribution in [-0.4, -0.2) is 6.72 Å². The predicted molar refractivity (Wildman–Crippen MR) is 93.3 cm³/mol. The van der Waals surface area contributed by atoms with Crippen LogP contribution in [0.15, 0.2) is 40.6 Å². The lowest BCUT2D eigenvalue weighted by Crippen LogP contribution is -2.09. The Morgan fingerprint density at radius 2 is 1.80 bits per heavy atom. The van der Waals surface area contributed by atoms with E-state index in [0.717, 1.165) is 24.5 Å². The van der Waals surface area contributed by atoms with Crippen molar-refractivity contribution in [3.05, 3.63) is 35.6 Å². The molecule has 0 aliphatic heterocycles. The van der Waals surface area contributed by atoms with E-state index in [-0.39, 0.29) is 5.41 Å². The lowest BCUT2D eigenvalue weighted by atomic mass is 9.83. The quantitative estimate of drug-likeness (QED) is 0.278. The molecule has 0 aromatic heterocycles. The van der Waals surface area contributed by atoms with E-state index in [2.05, 4.69) is 77.6 Å². The molecule has 0 atom stereocenters. The van der Waals surface area contributed by atoms with Gasteiger partial charge in [-0.15, -0.1) is 0 Å². The van der Waals surface area contributed by atoms with Gasteiger partial charge in [-0.25, -0.2) is 0 Å². The van der Waals surface area contributed by atoms with Crippen LogP contribution in [0.4, 0.5) is 0 Å². The number of hydrogen-bond donors (Lipinski definition) is 0. The van der Waals surface area contributed by atoms with Gasteiger partial charge >= 0.3 is 0 Å². The molecule has 0 rings (SSSR count). The van der Waals surface area contributed by atoms with E-state index < -0.39 is 0 Å². The molecule has 0 aromatic carbocycles. The first kappa shape index (κ1) is 18.9. The largest absolute Gasteiger partial charge is 0.269 e. The van der Waals surface area contributed by atoms with Crippen molar-refractivity contribution in [2.45, 2.75) is 67.2 Å². The summed E-state index contributed by atoms with van der Waals surface area (Å²) in [6.07, 6.45) is 13.3. The zero-order chi connectivity index (χ0) is 15.6. The highest BCUT2D eigenvalue weighted by Gasteiger charge is 2.16. The number of rotatable bonds is 8. The third kappa shape index (κ3) is 7.47. The molecule has 0 N–H and O–H groups in total. The van der Waals surface area contributed by atoms with Crippen molar-refractivity contribution < 1.29 is 0 Å². The highest BCUT2D eigenvalue weighted by molar-refractivity contribution is 5.33. The average molecular weight is 275 g/mol. The summed E-state index contributed by atoms with van der Waals surface area (Å²) in [6.45, 7) is 17.0. The van der Waals surface area contributed by atoms with Gasteiger partial charge in [0.05, 0.1) is 0 Å². The van der Waals surface area contributed by atoms with E-state index in [4.69, 9.17) is 0 Å². The first-order chi connectivity index (χ1) is 9.38. The number of hydrogen-bond acceptors (Lipinski definition) is 1. The highest BCUT2D eigenvalue weighted by Crippen LogP contribution is 2.30. The predicted octanol–water partition coefficient (Wildman–Crippen LogP) is 6.34. The number of aliphatic imine (C=N–C) groups is 1. The number of nitrogens with zero attached hydrogens (tertiary/aromatic N) is 1. The summed E-state index contributed by atoms with van der Waals surface area (Å²) in [5.41, 5.74) is 2.65. The Morgan fingerprint density at radius 1 is 1.20 bits per heavy atom. The second kappa shape index (κ2) is 9.74. The molecule has 0 bridgehead atoms. The van der Waals surface area contributed by atoms with Crippen LogP contribution < -0.4 is 0 Å². The molecule has 1 nitrogen and oxygen atoms in total. The highest BCUT2D eigenvalue weighted by atomic mass is 14.7. The molecule has 0 saturated carbocycles. The van der Waals surface area contributed by atoms with Crippen molar-refractivity contribution >= 4 is 6.72 Å². The molecule has 0 aliphatic rings. The van der Waals surface area contributed by atoms with Crippen LogP contribution in [0.1, 0.15) is 67.2 Å². The fourth-order valence-corrected chi connectivity index (χ4v) is 2.24.